The quantitative estimate of drug-likeness (QED) is 0.376. The third kappa shape index (κ3) is 4.23. The second-order valence-electron chi connectivity index (χ2n) is 8.37. The molecule has 1 aliphatic rings. The Bertz CT molecular complexity index is 1030. The van der Waals surface area contributed by atoms with Crippen molar-refractivity contribution in [3.63, 3.8) is 0 Å². The largest absolute Gasteiger partial charge is 0.203 e. The van der Waals surface area contributed by atoms with Crippen molar-refractivity contribution < 1.29 is 8.78 Å². The van der Waals surface area contributed by atoms with Crippen LogP contribution in [0.25, 0.3) is 22.3 Å². The number of rotatable bonds is 5. The first-order valence-electron chi connectivity index (χ1n) is 10.9. The predicted octanol–water partition coefficient (Wildman–Crippen LogP) is 8.46. The van der Waals surface area contributed by atoms with Crippen LogP contribution in [0.1, 0.15) is 49.7 Å². The number of allylic oxidation sites excluding steroid dienone is 2. The Hall–Kier alpha value is -2.74. The summed E-state index contributed by atoms with van der Waals surface area (Å²) >= 11 is 0. The van der Waals surface area contributed by atoms with Crippen LogP contribution in [0.4, 0.5) is 8.78 Å². The van der Waals surface area contributed by atoms with Crippen LogP contribution < -0.4 is 0 Å². The van der Waals surface area contributed by atoms with Gasteiger partial charge in [0.05, 0.1) is 0 Å². The van der Waals surface area contributed by atoms with E-state index < -0.39 is 11.6 Å². The highest BCUT2D eigenvalue weighted by molar-refractivity contribution is 5.71. The normalized spacial score (nSPS) is 18.5. The van der Waals surface area contributed by atoms with E-state index >= 15 is 0 Å². The van der Waals surface area contributed by atoms with Crippen molar-refractivity contribution in [1.29, 1.82) is 0 Å². The van der Waals surface area contributed by atoms with E-state index in [4.69, 9.17) is 0 Å². The summed E-state index contributed by atoms with van der Waals surface area (Å²) in [7, 11) is 0. The molecule has 2 heteroatoms. The Morgan fingerprint density at radius 2 is 1.37 bits per heavy atom. The molecule has 3 aromatic carbocycles. The summed E-state index contributed by atoms with van der Waals surface area (Å²) in [6, 6.07) is 19.6. The van der Waals surface area contributed by atoms with Gasteiger partial charge in [-0.05, 0) is 59.9 Å². The van der Waals surface area contributed by atoms with Crippen LogP contribution in [-0.2, 0) is 0 Å². The fourth-order valence-corrected chi connectivity index (χ4v) is 4.40. The van der Waals surface area contributed by atoms with Gasteiger partial charge in [-0.15, -0.1) is 0 Å². The summed E-state index contributed by atoms with van der Waals surface area (Å²) in [5.74, 6) is -0.302. The molecule has 3 aromatic rings. The second kappa shape index (κ2) is 8.95. The van der Waals surface area contributed by atoms with Crippen molar-refractivity contribution in [2.24, 2.45) is 5.92 Å². The monoisotopic (exact) mass is 402 g/mol. The number of hydrogen-bond acceptors (Lipinski definition) is 0. The van der Waals surface area contributed by atoms with Crippen LogP contribution in [0.15, 0.2) is 72.8 Å². The number of benzene rings is 3. The highest BCUT2D eigenvalue weighted by Crippen LogP contribution is 2.34. The third-order valence-corrected chi connectivity index (χ3v) is 6.27. The minimum atomic E-state index is -0.784. The first-order valence-corrected chi connectivity index (χ1v) is 10.9. The SMILES string of the molecule is CCCC1C=CC(c2ccc(-c3ccc(-c4ccc(C)c(F)c4F)cc3)cc2)CC1. The Morgan fingerprint density at radius 3 is 1.97 bits per heavy atom. The van der Waals surface area contributed by atoms with E-state index in [0.29, 0.717) is 22.6 Å². The van der Waals surface area contributed by atoms with Crippen LogP contribution >= 0.6 is 0 Å². The molecular formula is C28H28F2. The van der Waals surface area contributed by atoms with Gasteiger partial charge in [0.15, 0.2) is 11.6 Å². The Morgan fingerprint density at radius 1 is 0.733 bits per heavy atom. The molecule has 0 heterocycles. The van der Waals surface area contributed by atoms with Crippen molar-refractivity contribution in [3.8, 4) is 22.3 Å². The summed E-state index contributed by atoms with van der Waals surface area (Å²) < 4.78 is 28.2. The van der Waals surface area contributed by atoms with Gasteiger partial charge in [-0.2, -0.15) is 0 Å². The fourth-order valence-electron chi connectivity index (χ4n) is 4.40. The van der Waals surface area contributed by atoms with Gasteiger partial charge in [0.1, 0.15) is 0 Å². The molecule has 2 atom stereocenters. The average Bonchev–Trinajstić information content (AvgIpc) is 2.79. The first-order chi connectivity index (χ1) is 14.6. The summed E-state index contributed by atoms with van der Waals surface area (Å²) in [6.07, 6.45) is 9.80. The third-order valence-electron chi connectivity index (χ3n) is 6.27. The van der Waals surface area contributed by atoms with Gasteiger partial charge < -0.3 is 0 Å². The fraction of sp³-hybridized carbons (Fsp3) is 0.286. The van der Waals surface area contributed by atoms with E-state index in [0.717, 1.165) is 17.0 Å². The molecular weight excluding hydrogens is 374 g/mol. The van der Waals surface area contributed by atoms with Crippen LogP contribution in [-0.4, -0.2) is 0 Å². The zero-order chi connectivity index (χ0) is 21.1. The van der Waals surface area contributed by atoms with Crippen LogP contribution in [0.2, 0.25) is 0 Å². The molecule has 0 saturated heterocycles. The van der Waals surface area contributed by atoms with E-state index in [2.05, 4.69) is 43.3 Å². The van der Waals surface area contributed by atoms with E-state index in [1.54, 1.807) is 19.1 Å². The van der Waals surface area contributed by atoms with Crippen LogP contribution in [0.3, 0.4) is 0 Å². The molecule has 0 amide bonds. The maximum atomic E-state index is 14.3. The minimum Gasteiger partial charge on any atom is -0.203 e. The topological polar surface area (TPSA) is 0 Å². The molecule has 0 nitrogen and oxygen atoms in total. The molecule has 0 aliphatic heterocycles. The minimum absolute atomic E-state index is 0.297. The summed E-state index contributed by atoms with van der Waals surface area (Å²) in [6.45, 7) is 3.82. The molecule has 0 aromatic heterocycles. The van der Waals surface area contributed by atoms with Gasteiger partial charge >= 0.3 is 0 Å². The highest BCUT2D eigenvalue weighted by atomic mass is 19.2. The zero-order valence-electron chi connectivity index (χ0n) is 17.7. The van der Waals surface area contributed by atoms with Crippen molar-refractivity contribution in [3.05, 3.63) is 95.6 Å². The van der Waals surface area contributed by atoms with Gasteiger partial charge in [0.25, 0.3) is 0 Å². The maximum absolute atomic E-state index is 14.3. The lowest BCUT2D eigenvalue weighted by Gasteiger charge is -2.23. The lowest BCUT2D eigenvalue weighted by molar-refractivity contribution is 0.477. The molecule has 0 bridgehead atoms. The Labute approximate surface area is 178 Å². The number of hydrogen-bond donors (Lipinski definition) is 0. The van der Waals surface area contributed by atoms with Crippen molar-refractivity contribution in [1.82, 2.24) is 0 Å². The molecule has 1 aliphatic carbocycles. The average molecular weight is 403 g/mol. The molecule has 4 rings (SSSR count). The Balaban J connectivity index is 1.50. The van der Waals surface area contributed by atoms with Crippen molar-refractivity contribution >= 4 is 0 Å². The molecule has 2 unspecified atom stereocenters. The number of aryl methyl sites for hydroxylation is 1. The Kier molecular flexibility index (Phi) is 6.13. The van der Waals surface area contributed by atoms with Crippen molar-refractivity contribution in [2.75, 3.05) is 0 Å². The van der Waals surface area contributed by atoms with E-state index in [1.165, 1.54) is 31.2 Å². The lowest BCUT2D eigenvalue weighted by Crippen LogP contribution is -2.07. The van der Waals surface area contributed by atoms with Gasteiger partial charge in [0.2, 0.25) is 0 Å². The molecule has 0 saturated carbocycles. The first kappa shape index (κ1) is 20.5. The summed E-state index contributed by atoms with van der Waals surface area (Å²) in [5, 5.41) is 0. The molecule has 0 fully saturated rings. The standard InChI is InChI=1S/C28H28F2/c1-3-4-20-6-8-21(9-7-20)22-10-12-23(13-11-22)24-14-16-25(17-15-24)26-18-5-19(2)27(29)28(26)30/h5-6,8,10-18,20-21H,3-4,7,9H2,1-2H3. The summed E-state index contributed by atoms with van der Waals surface area (Å²) in [5.41, 5.74) is 4.86. The smallest absolute Gasteiger partial charge is 0.166 e. The highest BCUT2D eigenvalue weighted by Gasteiger charge is 2.17. The van der Waals surface area contributed by atoms with E-state index in [1.807, 2.05) is 24.3 Å². The molecule has 30 heavy (non-hydrogen) atoms. The zero-order valence-corrected chi connectivity index (χ0v) is 17.7. The van der Waals surface area contributed by atoms with Gasteiger partial charge in [0, 0.05) is 11.5 Å². The van der Waals surface area contributed by atoms with Gasteiger partial charge in [-0.25, -0.2) is 8.78 Å². The molecule has 0 radical (unpaired) electrons. The predicted molar refractivity (Wildman–Crippen MR) is 121 cm³/mol. The summed E-state index contributed by atoms with van der Waals surface area (Å²) in [4.78, 5) is 0. The number of halogens is 2. The second-order valence-corrected chi connectivity index (χ2v) is 8.37. The van der Waals surface area contributed by atoms with Crippen LogP contribution in [0.5, 0.6) is 0 Å². The van der Waals surface area contributed by atoms with E-state index in [-0.39, 0.29) is 0 Å². The molecule has 154 valence electrons. The van der Waals surface area contributed by atoms with Crippen LogP contribution in [0, 0.1) is 24.5 Å². The van der Waals surface area contributed by atoms with Gasteiger partial charge in [-0.3, -0.25) is 0 Å². The lowest BCUT2D eigenvalue weighted by atomic mass is 9.82. The van der Waals surface area contributed by atoms with Crippen molar-refractivity contribution in [2.45, 2.75) is 45.4 Å². The molecule has 0 spiro atoms. The molecule has 0 N–H and O–H groups in total. The van der Waals surface area contributed by atoms with E-state index in [9.17, 15) is 8.78 Å². The van der Waals surface area contributed by atoms with Gasteiger partial charge in [-0.1, -0.05) is 86.2 Å². The maximum Gasteiger partial charge on any atom is 0.166 e.